The molecule has 0 atom stereocenters. The largest absolute Gasteiger partial charge is 0.352 e. The van der Waals surface area contributed by atoms with E-state index in [0.29, 0.717) is 16.8 Å². The summed E-state index contributed by atoms with van der Waals surface area (Å²) >= 11 is 0. The van der Waals surface area contributed by atoms with E-state index in [1.54, 1.807) is 48.5 Å². The number of para-hydroxylation sites is 1. The van der Waals surface area contributed by atoms with Gasteiger partial charge in [0.2, 0.25) is 5.91 Å². The van der Waals surface area contributed by atoms with Crippen LogP contribution in [0.1, 0.15) is 27.0 Å². The Kier molecular flexibility index (Phi) is 6.54. The zero-order valence-corrected chi connectivity index (χ0v) is 16.4. The minimum Gasteiger partial charge on any atom is -0.352 e. The van der Waals surface area contributed by atoms with Crippen LogP contribution in [0.15, 0.2) is 72.8 Å². The second kappa shape index (κ2) is 9.47. The van der Waals surface area contributed by atoms with Crippen LogP contribution >= 0.6 is 0 Å². The number of rotatable bonds is 7. The Morgan fingerprint density at radius 2 is 1.70 bits per heavy atom. The summed E-state index contributed by atoms with van der Waals surface area (Å²) < 4.78 is 0. The number of carbonyl (C=O) groups is 2. The summed E-state index contributed by atoms with van der Waals surface area (Å²) in [7, 11) is 0. The molecule has 0 aromatic heterocycles. The molecule has 30 heavy (non-hydrogen) atoms. The van der Waals surface area contributed by atoms with Gasteiger partial charge in [0.15, 0.2) is 0 Å². The summed E-state index contributed by atoms with van der Waals surface area (Å²) in [4.78, 5) is 35.2. The monoisotopic (exact) mass is 403 g/mol. The first-order chi connectivity index (χ1) is 14.4. The predicted octanol–water partition coefficient (Wildman–Crippen LogP) is 4.01. The molecule has 7 heteroatoms. The van der Waals surface area contributed by atoms with Crippen LogP contribution in [0.5, 0.6) is 0 Å². The van der Waals surface area contributed by atoms with Crippen LogP contribution < -0.4 is 10.6 Å². The summed E-state index contributed by atoms with van der Waals surface area (Å²) in [6, 6.07) is 20.6. The maximum Gasteiger partial charge on any atom is 0.273 e. The molecule has 2 N–H and O–H groups in total. The third-order valence-corrected chi connectivity index (χ3v) is 4.53. The molecule has 0 spiro atoms. The van der Waals surface area contributed by atoms with Crippen molar-refractivity contribution in [2.45, 2.75) is 19.9 Å². The topological polar surface area (TPSA) is 101 Å². The van der Waals surface area contributed by atoms with Crippen molar-refractivity contribution in [1.29, 1.82) is 0 Å². The Balaban J connectivity index is 1.59. The van der Waals surface area contributed by atoms with Crippen molar-refractivity contribution < 1.29 is 14.5 Å². The number of hydrogen-bond donors (Lipinski definition) is 2. The Morgan fingerprint density at radius 3 is 2.43 bits per heavy atom. The molecule has 0 saturated carbocycles. The Labute approximate surface area is 173 Å². The van der Waals surface area contributed by atoms with Crippen LogP contribution in [0.4, 0.5) is 11.4 Å². The van der Waals surface area contributed by atoms with Crippen molar-refractivity contribution >= 4 is 23.2 Å². The van der Waals surface area contributed by atoms with Crippen LogP contribution in [0, 0.1) is 17.0 Å². The van der Waals surface area contributed by atoms with E-state index >= 15 is 0 Å². The first-order valence-electron chi connectivity index (χ1n) is 9.38. The van der Waals surface area contributed by atoms with Gasteiger partial charge in [-0.05, 0) is 36.8 Å². The molecule has 0 aliphatic carbocycles. The average molecular weight is 403 g/mol. The van der Waals surface area contributed by atoms with E-state index in [-0.39, 0.29) is 30.5 Å². The highest BCUT2D eigenvalue weighted by Crippen LogP contribution is 2.18. The molecule has 3 rings (SSSR count). The van der Waals surface area contributed by atoms with Gasteiger partial charge in [0, 0.05) is 29.4 Å². The second-order valence-corrected chi connectivity index (χ2v) is 6.86. The fourth-order valence-corrected chi connectivity index (χ4v) is 2.94. The number of nitro benzene ring substituents is 1. The van der Waals surface area contributed by atoms with Crippen LogP contribution in [-0.2, 0) is 17.8 Å². The van der Waals surface area contributed by atoms with E-state index in [4.69, 9.17) is 0 Å². The van der Waals surface area contributed by atoms with Gasteiger partial charge in [0.05, 0.1) is 11.3 Å². The fourth-order valence-electron chi connectivity index (χ4n) is 2.94. The maximum absolute atomic E-state index is 12.4. The highest BCUT2D eigenvalue weighted by molar-refractivity contribution is 6.04. The maximum atomic E-state index is 12.4. The van der Waals surface area contributed by atoms with Gasteiger partial charge in [-0.1, -0.05) is 48.0 Å². The summed E-state index contributed by atoms with van der Waals surface area (Å²) in [6.07, 6.45) is -0.0823. The van der Waals surface area contributed by atoms with Crippen molar-refractivity contribution in [2.24, 2.45) is 0 Å². The fraction of sp³-hybridized carbons (Fsp3) is 0.130. The molecule has 0 aliphatic rings. The predicted molar refractivity (Wildman–Crippen MR) is 114 cm³/mol. The van der Waals surface area contributed by atoms with E-state index in [1.807, 2.05) is 25.1 Å². The molecule has 0 heterocycles. The lowest BCUT2D eigenvalue weighted by Crippen LogP contribution is -2.25. The lowest BCUT2D eigenvalue weighted by atomic mass is 10.1. The zero-order chi connectivity index (χ0) is 21.5. The number of nitro groups is 1. The third-order valence-electron chi connectivity index (χ3n) is 4.53. The van der Waals surface area contributed by atoms with Crippen molar-refractivity contribution in [3.8, 4) is 0 Å². The molecule has 0 radical (unpaired) electrons. The smallest absolute Gasteiger partial charge is 0.273 e. The van der Waals surface area contributed by atoms with Gasteiger partial charge >= 0.3 is 0 Å². The van der Waals surface area contributed by atoms with E-state index in [2.05, 4.69) is 10.6 Å². The Bertz CT molecular complexity index is 1080. The minimum atomic E-state index is -0.497. The SMILES string of the molecule is Cc1ccc(C(=O)Nc2cccc(CNC(=O)Cc3ccccc3[N+](=O)[O-])c2)cc1. The number of carbonyl (C=O) groups excluding carboxylic acids is 2. The standard InChI is InChI=1S/C23H21N3O4/c1-16-9-11-18(12-10-16)23(28)25-20-7-4-5-17(13-20)15-24-22(27)14-19-6-2-3-8-21(19)26(29)30/h2-13H,14-15H2,1H3,(H,24,27)(H,25,28). The lowest BCUT2D eigenvalue weighted by Gasteiger charge is -2.09. The van der Waals surface area contributed by atoms with Crippen molar-refractivity contribution in [1.82, 2.24) is 5.32 Å². The van der Waals surface area contributed by atoms with Gasteiger partial charge < -0.3 is 10.6 Å². The van der Waals surface area contributed by atoms with Gasteiger partial charge in [-0.3, -0.25) is 19.7 Å². The number of aryl methyl sites for hydroxylation is 1. The Hall–Kier alpha value is -4.00. The molecule has 0 unspecified atom stereocenters. The normalized spacial score (nSPS) is 10.3. The van der Waals surface area contributed by atoms with Crippen molar-refractivity contribution in [3.05, 3.63) is 105 Å². The van der Waals surface area contributed by atoms with Crippen molar-refractivity contribution in [2.75, 3.05) is 5.32 Å². The number of nitrogens with one attached hydrogen (secondary N) is 2. The molecule has 0 aliphatic heterocycles. The second-order valence-electron chi connectivity index (χ2n) is 6.86. The zero-order valence-electron chi connectivity index (χ0n) is 16.4. The minimum absolute atomic E-state index is 0.0755. The van der Waals surface area contributed by atoms with Crippen LogP contribution in [0.2, 0.25) is 0 Å². The summed E-state index contributed by atoms with van der Waals surface area (Å²) in [6.45, 7) is 2.20. The van der Waals surface area contributed by atoms with E-state index < -0.39 is 4.92 Å². The van der Waals surface area contributed by atoms with Crippen molar-refractivity contribution in [3.63, 3.8) is 0 Å². The first kappa shape index (κ1) is 20.7. The molecule has 3 aromatic carbocycles. The van der Waals surface area contributed by atoms with Gasteiger partial charge in [-0.15, -0.1) is 0 Å². The molecule has 152 valence electrons. The van der Waals surface area contributed by atoms with E-state index in [1.165, 1.54) is 6.07 Å². The number of benzene rings is 3. The van der Waals surface area contributed by atoms with Gasteiger partial charge in [-0.25, -0.2) is 0 Å². The molecule has 0 bridgehead atoms. The van der Waals surface area contributed by atoms with Crippen LogP contribution in [-0.4, -0.2) is 16.7 Å². The van der Waals surface area contributed by atoms with E-state index in [0.717, 1.165) is 11.1 Å². The lowest BCUT2D eigenvalue weighted by molar-refractivity contribution is -0.385. The van der Waals surface area contributed by atoms with Gasteiger partial charge in [0.25, 0.3) is 11.6 Å². The number of anilines is 1. The molecule has 0 saturated heterocycles. The molecule has 2 amide bonds. The molecular weight excluding hydrogens is 382 g/mol. The highest BCUT2D eigenvalue weighted by atomic mass is 16.6. The molecule has 0 fully saturated rings. The summed E-state index contributed by atoms with van der Waals surface area (Å²) in [5.41, 5.74) is 3.33. The van der Waals surface area contributed by atoms with Crippen LogP contribution in [0.25, 0.3) is 0 Å². The number of nitrogens with zero attached hydrogens (tertiary/aromatic N) is 1. The molecule has 7 nitrogen and oxygen atoms in total. The quantitative estimate of drug-likeness (QED) is 0.460. The summed E-state index contributed by atoms with van der Waals surface area (Å²) in [5.74, 6) is -0.536. The van der Waals surface area contributed by atoms with Gasteiger partial charge in [0.1, 0.15) is 0 Å². The third kappa shape index (κ3) is 5.51. The number of hydrogen-bond acceptors (Lipinski definition) is 4. The van der Waals surface area contributed by atoms with E-state index in [9.17, 15) is 19.7 Å². The molecule has 3 aromatic rings. The highest BCUT2D eigenvalue weighted by Gasteiger charge is 2.15. The van der Waals surface area contributed by atoms with Gasteiger partial charge in [-0.2, -0.15) is 0 Å². The first-order valence-corrected chi connectivity index (χ1v) is 9.38. The average Bonchev–Trinajstić information content (AvgIpc) is 2.73. The summed E-state index contributed by atoms with van der Waals surface area (Å²) in [5, 5.41) is 16.7. The Morgan fingerprint density at radius 1 is 0.967 bits per heavy atom. The van der Waals surface area contributed by atoms with Crippen LogP contribution in [0.3, 0.4) is 0 Å². The molecular formula is C23H21N3O4. The number of amides is 2.